The van der Waals surface area contributed by atoms with E-state index in [1.165, 1.54) is 0 Å². The monoisotopic (exact) mass is 604 g/mol. The maximum absolute atomic E-state index is 13.7. The van der Waals surface area contributed by atoms with Gasteiger partial charge in [0.05, 0.1) is 26.3 Å². The van der Waals surface area contributed by atoms with E-state index in [1.807, 2.05) is 17.0 Å². The highest BCUT2D eigenvalue weighted by Gasteiger charge is 2.50. The molecule has 11 heteroatoms. The van der Waals surface area contributed by atoms with Crippen LogP contribution in [0, 0.1) is 5.92 Å². The fraction of sp³-hybridized carbons (Fsp3) is 0.677. The third kappa shape index (κ3) is 9.15. The molecule has 3 fully saturated rings. The van der Waals surface area contributed by atoms with Gasteiger partial charge in [-0.2, -0.15) is 0 Å². The summed E-state index contributed by atoms with van der Waals surface area (Å²) in [6.45, 7) is 5.34. The van der Waals surface area contributed by atoms with Gasteiger partial charge in [-0.15, -0.1) is 11.6 Å². The van der Waals surface area contributed by atoms with Crippen molar-refractivity contribution >= 4 is 35.1 Å². The molecule has 0 aromatic heterocycles. The van der Waals surface area contributed by atoms with E-state index in [4.69, 9.17) is 21.1 Å². The van der Waals surface area contributed by atoms with Crippen LogP contribution < -0.4 is 20.7 Å². The van der Waals surface area contributed by atoms with Crippen LogP contribution in [0.5, 0.6) is 5.75 Å². The third-order valence-corrected chi connectivity index (χ3v) is 9.10. The number of amides is 3. The lowest BCUT2D eigenvalue weighted by molar-refractivity contribution is -0.134. The molecule has 0 unspecified atom stereocenters. The molecule has 3 N–H and O–H groups in total. The maximum atomic E-state index is 13.7. The molecule has 4 atom stereocenters. The molecule has 1 aliphatic carbocycles. The van der Waals surface area contributed by atoms with Crippen LogP contribution in [0.2, 0.25) is 0 Å². The molecule has 232 valence electrons. The van der Waals surface area contributed by atoms with E-state index >= 15 is 0 Å². The summed E-state index contributed by atoms with van der Waals surface area (Å²) in [7, 11) is 1.58. The second kappa shape index (κ2) is 14.7. The Hall–Kier alpha value is -2.69. The number of nitrogens with one attached hydrogen (secondary N) is 3. The van der Waals surface area contributed by atoms with Gasteiger partial charge in [-0.25, -0.2) is 0 Å². The average Bonchev–Trinajstić information content (AvgIpc) is 3.51. The number of likely N-dealkylation sites (tertiary alicyclic amines) is 1. The Bertz CT molecular complexity index is 1100. The highest BCUT2D eigenvalue weighted by molar-refractivity contribution is 6.20. The summed E-state index contributed by atoms with van der Waals surface area (Å²) in [5.41, 5.74) is -0.0601. The van der Waals surface area contributed by atoms with Crippen molar-refractivity contribution in [2.75, 3.05) is 33.4 Å². The van der Waals surface area contributed by atoms with Crippen LogP contribution in [0.3, 0.4) is 0 Å². The van der Waals surface area contributed by atoms with Gasteiger partial charge in [0.15, 0.2) is 5.78 Å². The van der Waals surface area contributed by atoms with Crippen LogP contribution in [-0.4, -0.2) is 90.9 Å². The number of ketones is 1. The predicted octanol–water partition coefficient (Wildman–Crippen LogP) is 2.35. The number of nitrogens with zero attached hydrogens (tertiary/aromatic N) is 1. The smallest absolute Gasteiger partial charge is 0.243 e. The number of halogens is 1. The number of methoxy groups -OCH3 is 1. The van der Waals surface area contributed by atoms with Gasteiger partial charge in [0.25, 0.3) is 0 Å². The number of ether oxygens (including phenoxy) is 2. The Morgan fingerprint density at radius 1 is 1.00 bits per heavy atom. The molecule has 2 aliphatic heterocycles. The Morgan fingerprint density at radius 3 is 2.21 bits per heavy atom. The van der Waals surface area contributed by atoms with Gasteiger partial charge in [0, 0.05) is 24.9 Å². The fourth-order valence-electron chi connectivity index (χ4n) is 5.82. The molecule has 3 amide bonds. The fourth-order valence-corrected chi connectivity index (χ4v) is 6.02. The number of Topliss-reactive ketones (excluding diaryl/α,β-unsaturated/α-hetero) is 1. The predicted molar refractivity (Wildman–Crippen MR) is 159 cm³/mol. The van der Waals surface area contributed by atoms with E-state index in [0.717, 1.165) is 57.2 Å². The first-order valence-corrected chi connectivity index (χ1v) is 15.6. The third-order valence-electron chi connectivity index (χ3n) is 8.66. The number of benzene rings is 1. The van der Waals surface area contributed by atoms with Crippen LogP contribution >= 0.6 is 11.6 Å². The maximum Gasteiger partial charge on any atom is 0.243 e. The molecule has 42 heavy (non-hydrogen) atoms. The lowest BCUT2D eigenvalue weighted by Crippen LogP contribution is -2.57. The highest BCUT2D eigenvalue weighted by atomic mass is 35.5. The number of alkyl halides is 1. The van der Waals surface area contributed by atoms with E-state index in [1.54, 1.807) is 33.1 Å². The summed E-state index contributed by atoms with van der Waals surface area (Å²) < 4.78 is 10.7. The molecule has 3 aliphatic rings. The minimum Gasteiger partial charge on any atom is -0.497 e. The molecule has 2 heterocycles. The molecule has 0 radical (unpaired) electrons. The largest absolute Gasteiger partial charge is 0.497 e. The molecule has 1 aromatic carbocycles. The van der Waals surface area contributed by atoms with Crippen LogP contribution in [0.25, 0.3) is 0 Å². The summed E-state index contributed by atoms with van der Waals surface area (Å²) >= 11 is 6.16. The first-order valence-electron chi connectivity index (χ1n) is 15.1. The van der Waals surface area contributed by atoms with Crippen LogP contribution in [0.4, 0.5) is 0 Å². The van der Waals surface area contributed by atoms with Gasteiger partial charge < -0.3 is 25.4 Å². The number of piperidine rings is 1. The Morgan fingerprint density at radius 2 is 1.62 bits per heavy atom. The van der Waals surface area contributed by atoms with Crippen molar-refractivity contribution in [3.05, 3.63) is 29.8 Å². The van der Waals surface area contributed by atoms with Crippen LogP contribution in [0.1, 0.15) is 64.4 Å². The van der Waals surface area contributed by atoms with E-state index in [0.29, 0.717) is 24.7 Å². The van der Waals surface area contributed by atoms with Crippen molar-refractivity contribution in [3.8, 4) is 5.75 Å². The van der Waals surface area contributed by atoms with Gasteiger partial charge in [0.2, 0.25) is 17.7 Å². The number of hydrogen-bond donors (Lipinski definition) is 3. The van der Waals surface area contributed by atoms with Crippen molar-refractivity contribution < 1.29 is 28.7 Å². The highest BCUT2D eigenvalue weighted by Crippen LogP contribution is 2.33. The zero-order valence-corrected chi connectivity index (χ0v) is 25.7. The van der Waals surface area contributed by atoms with E-state index < -0.39 is 35.5 Å². The van der Waals surface area contributed by atoms with E-state index in [2.05, 4.69) is 16.0 Å². The minimum absolute atomic E-state index is 0.129. The van der Waals surface area contributed by atoms with Gasteiger partial charge in [-0.1, -0.05) is 37.8 Å². The Kier molecular flexibility index (Phi) is 11.3. The van der Waals surface area contributed by atoms with Crippen molar-refractivity contribution in [1.82, 2.24) is 20.9 Å². The summed E-state index contributed by atoms with van der Waals surface area (Å²) in [5, 5.41) is 8.68. The van der Waals surface area contributed by atoms with Crippen molar-refractivity contribution in [2.24, 2.45) is 5.92 Å². The topological polar surface area (TPSA) is 129 Å². The number of epoxide rings is 1. The SMILES string of the molecule is COc1ccc(C[C@H](NC(=O)[C@H](C)NC(=O)CN2CCC(Cl)CC2)C(=O)N[C@@H](CC2CCCC2)C(=O)[C@@]2(C)CO2)cc1. The first kappa shape index (κ1) is 32.2. The normalized spacial score (nSPS) is 23.4. The molecular formula is C31H45ClN4O6. The molecule has 0 spiro atoms. The van der Waals surface area contributed by atoms with E-state index in [-0.39, 0.29) is 30.0 Å². The molecule has 2 saturated heterocycles. The van der Waals surface area contributed by atoms with Gasteiger partial charge in [0.1, 0.15) is 23.4 Å². The number of carbonyl (C=O) groups excluding carboxylic acids is 4. The summed E-state index contributed by atoms with van der Waals surface area (Å²) in [5.74, 6) is -0.273. The van der Waals surface area contributed by atoms with Crippen molar-refractivity contribution in [2.45, 2.75) is 94.3 Å². The average molecular weight is 605 g/mol. The Labute approximate surface area is 253 Å². The van der Waals surface area contributed by atoms with Crippen LogP contribution in [-0.2, 0) is 30.3 Å². The quantitative estimate of drug-likeness (QED) is 0.220. The van der Waals surface area contributed by atoms with Crippen molar-refractivity contribution in [3.63, 3.8) is 0 Å². The molecule has 0 bridgehead atoms. The molecule has 1 saturated carbocycles. The molecule has 1 aromatic rings. The van der Waals surface area contributed by atoms with Crippen molar-refractivity contribution in [1.29, 1.82) is 0 Å². The minimum atomic E-state index is -0.959. The summed E-state index contributed by atoms with van der Waals surface area (Å²) in [6.07, 6.45) is 6.71. The first-order chi connectivity index (χ1) is 20.1. The zero-order valence-electron chi connectivity index (χ0n) is 25.0. The van der Waals surface area contributed by atoms with Gasteiger partial charge >= 0.3 is 0 Å². The van der Waals surface area contributed by atoms with Gasteiger partial charge in [-0.3, -0.25) is 24.1 Å². The lowest BCUT2D eigenvalue weighted by atomic mass is 9.90. The number of carbonyl (C=O) groups is 4. The Balaban J connectivity index is 1.42. The van der Waals surface area contributed by atoms with Crippen LogP contribution in [0.15, 0.2) is 24.3 Å². The standard InChI is InChI=1S/C31H45ClN4O6/c1-20(33-27(37)18-36-14-12-23(32)13-15-36)29(39)35-26(17-22-8-10-24(41-3)11-9-22)30(40)34-25(16-21-6-4-5-7-21)28(38)31(2)19-42-31/h8-11,20-21,23,25-26H,4-7,12-19H2,1-3H3,(H,33,37)(H,34,40)(H,35,39)/t20-,25-,26-,31+/m0/s1. The molecule has 4 rings (SSSR count). The molecule has 10 nitrogen and oxygen atoms in total. The molecular weight excluding hydrogens is 560 g/mol. The second-order valence-electron chi connectivity index (χ2n) is 12.2. The van der Waals surface area contributed by atoms with E-state index in [9.17, 15) is 19.2 Å². The van der Waals surface area contributed by atoms with Gasteiger partial charge in [-0.05, 0) is 56.7 Å². The summed E-state index contributed by atoms with van der Waals surface area (Å²) in [6, 6.07) is 4.74. The zero-order chi connectivity index (χ0) is 30.3. The number of rotatable bonds is 14. The lowest BCUT2D eigenvalue weighted by Gasteiger charge is -2.29. The summed E-state index contributed by atoms with van der Waals surface area (Å²) in [4.78, 5) is 55.0. The second-order valence-corrected chi connectivity index (χ2v) is 12.8. The number of hydrogen-bond acceptors (Lipinski definition) is 7.